The molecule has 8 heteroatoms. The second-order valence-corrected chi connectivity index (χ2v) is 9.93. The zero-order chi connectivity index (χ0) is 28.4. The Morgan fingerprint density at radius 1 is 0.949 bits per heavy atom. The van der Waals surface area contributed by atoms with Crippen LogP contribution in [0.3, 0.4) is 0 Å². The molecule has 0 saturated heterocycles. The molecule has 0 saturated carbocycles. The molecule has 0 radical (unpaired) electrons. The summed E-state index contributed by atoms with van der Waals surface area (Å²) in [7, 11) is 0. The summed E-state index contributed by atoms with van der Waals surface area (Å²) in [5, 5.41) is 0. The van der Waals surface area contributed by atoms with Gasteiger partial charge in [-0.25, -0.2) is 27.9 Å². The summed E-state index contributed by atoms with van der Waals surface area (Å²) in [4.78, 5) is 21.1. The summed E-state index contributed by atoms with van der Waals surface area (Å²) in [6.45, 7) is 6.28. The third-order valence-electron chi connectivity index (χ3n) is 6.49. The van der Waals surface area contributed by atoms with Crippen LogP contribution >= 0.6 is 0 Å². The number of rotatable bonds is 14. The van der Waals surface area contributed by atoms with E-state index in [4.69, 9.17) is 9.47 Å². The minimum absolute atomic E-state index is 0.0879. The van der Waals surface area contributed by atoms with Crippen LogP contribution in [-0.2, 0) is 4.79 Å². The lowest BCUT2D eigenvalue weighted by Crippen LogP contribution is -2.34. The smallest absolute Gasteiger partial charge is 0.348 e. The van der Waals surface area contributed by atoms with Gasteiger partial charge in [0, 0.05) is 18.0 Å². The summed E-state index contributed by atoms with van der Waals surface area (Å²) < 4.78 is 54.1. The molecule has 0 aliphatic heterocycles. The van der Waals surface area contributed by atoms with E-state index < -0.39 is 30.1 Å². The number of carbonyl (C=O) groups excluding carboxylic acids is 1. The van der Waals surface area contributed by atoms with Crippen molar-refractivity contribution in [2.75, 3.05) is 0 Å². The van der Waals surface area contributed by atoms with Gasteiger partial charge in [-0.1, -0.05) is 57.4 Å². The van der Waals surface area contributed by atoms with Crippen molar-refractivity contribution in [3.05, 3.63) is 60.9 Å². The normalized spacial score (nSPS) is 15.2. The quantitative estimate of drug-likeness (QED) is 0.117. The molecule has 0 N–H and O–H groups in total. The molecule has 39 heavy (non-hydrogen) atoms. The molecule has 3 aromatic rings. The van der Waals surface area contributed by atoms with Crippen molar-refractivity contribution in [1.82, 2.24) is 9.97 Å². The highest BCUT2D eigenvalue weighted by Crippen LogP contribution is 2.32. The molecular formula is C31H37F3N2O3. The largest absolute Gasteiger partial charge is 0.487 e. The minimum Gasteiger partial charge on any atom is -0.487 e. The molecule has 1 heterocycles. The van der Waals surface area contributed by atoms with E-state index in [1.54, 1.807) is 67.8 Å². The second-order valence-electron chi connectivity index (χ2n) is 9.93. The van der Waals surface area contributed by atoms with Crippen LogP contribution in [0.15, 0.2) is 60.9 Å². The Labute approximate surface area is 228 Å². The average Bonchev–Trinajstić information content (AvgIpc) is 2.93. The van der Waals surface area contributed by atoms with Crippen LogP contribution < -0.4 is 9.47 Å². The first-order chi connectivity index (χ1) is 18.7. The fourth-order valence-corrected chi connectivity index (χ4v) is 4.21. The third kappa shape index (κ3) is 8.28. The zero-order valence-corrected chi connectivity index (χ0v) is 23.0. The van der Waals surface area contributed by atoms with E-state index in [2.05, 4.69) is 16.9 Å². The Kier molecular flexibility index (Phi) is 10.9. The SMILES string of the molecule is CCCCCC(Oc1ccccc1-c1ncc(-c2ccc(OC(=O)C(C)(F)CCC)cc2)cn1)C(F)C(C)F. The maximum Gasteiger partial charge on any atom is 0.348 e. The highest BCUT2D eigenvalue weighted by molar-refractivity contribution is 5.81. The fraction of sp³-hybridized carbons (Fsp3) is 0.452. The lowest BCUT2D eigenvalue weighted by molar-refractivity contribution is -0.147. The van der Waals surface area contributed by atoms with Gasteiger partial charge in [-0.15, -0.1) is 0 Å². The monoisotopic (exact) mass is 542 g/mol. The molecular weight excluding hydrogens is 505 g/mol. The van der Waals surface area contributed by atoms with E-state index >= 15 is 0 Å². The predicted molar refractivity (Wildman–Crippen MR) is 147 cm³/mol. The molecule has 0 bridgehead atoms. The van der Waals surface area contributed by atoms with Crippen LogP contribution in [0.5, 0.6) is 11.5 Å². The Morgan fingerprint density at radius 2 is 1.62 bits per heavy atom. The van der Waals surface area contributed by atoms with Gasteiger partial charge in [0.1, 0.15) is 23.8 Å². The minimum atomic E-state index is -2.04. The second kappa shape index (κ2) is 14.1. The topological polar surface area (TPSA) is 61.3 Å². The van der Waals surface area contributed by atoms with Crippen LogP contribution in [-0.4, -0.2) is 40.1 Å². The molecule has 0 aliphatic rings. The molecule has 0 amide bonds. The Morgan fingerprint density at radius 3 is 2.23 bits per heavy atom. The first-order valence-electron chi connectivity index (χ1n) is 13.5. The van der Waals surface area contributed by atoms with E-state index in [1.807, 2.05) is 0 Å². The number of carbonyl (C=O) groups is 1. The molecule has 4 unspecified atom stereocenters. The van der Waals surface area contributed by atoms with Crippen LogP contribution in [0, 0.1) is 0 Å². The number of aromatic nitrogens is 2. The van der Waals surface area contributed by atoms with Crippen molar-refractivity contribution in [3.8, 4) is 34.0 Å². The summed E-state index contributed by atoms with van der Waals surface area (Å²) in [6.07, 6.45) is 2.62. The first-order valence-corrected chi connectivity index (χ1v) is 13.5. The molecule has 2 aromatic carbocycles. The third-order valence-corrected chi connectivity index (χ3v) is 6.49. The van der Waals surface area contributed by atoms with Crippen molar-refractivity contribution in [3.63, 3.8) is 0 Å². The maximum atomic E-state index is 14.7. The van der Waals surface area contributed by atoms with Gasteiger partial charge < -0.3 is 9.47 Å². The van der Waals surface area contributed by atoms with Crippen molar-refractivity contribution in [1.29, 1.82) is 0 Å². The van der Waals surface area contributed by atoms with Crippen LogP contribution in [0.25, 0.3) is 22.5 Å². The molecule has 5 nitrogen and oxygen atoms in total. The number of alkyl halides is 3. The van der Waals surface area contributed by atoms with Gasteiger partial charge in [-0.05, 0) is 62.9 Å². The number of benzene rings is 2. The summed E-state index contributed by atoms with van der Waals surface area (Å²) >= 11 is 0. The average molecular weight is 543 g/mol. The van der Waals surface area contributed by atoms with Crippen LogP contribution in [0.1, 0.15) is 66.2 Å². The first kappa shape index (κ1) is 30.1. The van der Waals surface area contributed by atoms with Crippen LogP contribution in [0.2, 0.25) is 0 Å². The Balaban J connectivity index is 1.75. The number of esters is 1. The van der Waals surface area contributed by atoms with Gasteiger partial charge in [-0.2, -0.15) is 0 Å². The molecule has 3 rings (SSSR count). The summed E-state index contributed by atoms with van der Waals surface area (Å²) in [5.74, 6) is 0.103. The molecule has 0 aliphatic carbocycles. The van der Waals surface area contributed by atoms with E-state index in [0.29, 0.717) is 35.5 Å². The van der Waals surface area contributed by atoms with Gasteiger partial charge >= 0.3 is 5.97 Å². The standard InChI is InChI=1S/C31H37F3N2O3/c1-5-7-8-13-27(28(33)21(3)32)39-26-12-10-9-11-25(26)29-35-19-23(20-36-29)22-14-16-24(17-15-22)38-30(37)31(4,34)18-6-2/h9-12,14-17,19-21,27-28H,5-8,13,18H2,1-4H3. The van der Waals surface area contributed by atoms with Crippen molar-refractivity contribution < 1.29 is 27.4 Å². The van der Waals surface area contributed by atoms with E-state index in [0.717, 1.165) is 24.8 Å². The molecule has 4 atom stereocenters. The number of unbranched alkanes of at least 4 members (excludes halogenated alkanes) is 2. The summed E-state index contributed by atoms with van der Waals surface area (Å²) in [5.41, 5.74) is 0.0216. The highest BCUT2D eigenvalue weighted by atomic mass is 19.2. The van der Waals surface area contributed by atoms with E-state index in [-0.39, 0.29) is 12.2 Å². The zero-order valence-electron chi connectivity index (χ0n) is 23.0. The van der Waals surface area contributed by atoms with Crippen molar-refractivity contribution in [2.45, 2.75) is 90.3 Å². The van der Waals surface area contributed by atoms with E-state index in [9.17, 15) is 18.0 Å². The van der Waals surface area contributed by atoms with Gasteiger partial charge in [-0.3, -0.25) is 0 Å². The lowest BCUT2D eigenvalue weighted by atomic mass is 10.0. The number of hydrogen-bond donors (Lipinski definition) is 0. The highest BCUT2D eigenvalue weighted by Gasteiger charge is 2.34. The van der Waals surface area contributed by atoms with E-state index in [1.165, 1.54) is 13.8 Å². The lowest BCUT2D eigenvalue weighted by Gasteiger charge is -2.24. The van der Waals surface area contributed by atoms with Gasteiger partial charge in [0.15, 0.2) is 12.0 Å². The number of para-hydroxylation sites is 1. The number of hydrogen-bond acceptors (Lipinski definition) is 5. The Hall–Kier alpha value is -3.42. The fourth-order valence-electron chi connectivity index (χ4n) is 4.21. The van der Waals surface area contributed by atoms with Gasteiger partial charge in [0.05, 0.1) is 5.56 Å². The predicted octanol–water partition coefficient (Wildman–Crippen LogP) is 8.27. The molecule has 0 spiro atoms. The maximum absolute atomic E-state index is 14.7. The number of halogens is 3. The number of ether oxygens (including phenoxy) is 2. The molecule has 1 aromatic heterocycles. The number of nitrogens with zero attached hydrogens (tertiary/aromatic N) is 2. The van der Waals surface area contributed by atoms with Crippen molar-refractivity contribution >= 4 is 5.97 Å². The Bertz CT molecular complexity index is 1180. The molecule has 0 fully saturated rings. The summed E-state index contributed by atoms with van der Waals surface area (Å²) in [6, 6.07) is 13.7. The van der Waals surface area contributed by atoms with Crippen molar-refractivity contribution in [2.24, 2.45) is 0 Å². The van der Waals surface area contributed by atoms with Gasteiger partial charge in [0.25, 0.3) is 0 Å². The van der Waals surface area contributed by atoms with Crippen LogP contribution in [0.4, 0.5) is 13.2 Å². The molecule has 210 valence electrons. The van der Waals surface area contributed by atoms with Gasteiger partial charge in [0.2, 0.25) is 5.67 Å².